The van der Waals surface area contributed by atoms with Crippen LogP contribution in [0.2, 0.25) is 0 Å². The molecule has 0 bridgehead atoms. The van der Waals surface area contributed by atoms with Gasteiger partial charge in [0.15, 0.2) is 10.9 Å². The van der Waals surface area contributed by atoms with Crippen molar-refractivity contribution in [1.29, 1.82) is 0 Å². The Morgan fingerprint density at radius 3 is 2.57 bits per heavy atom. The zero-order valence-electron chi connectivity index (χ0n) is 17.1. The molecule has 1 aromatic carbocycles. The summed E-state index contributed by atoms with van der Waals surface area (Å²) >= 11 is 1.24. The molecular formula is C22H24FN3O3S. The van der Waals surface area contributed by atoms with E-state index in [9.17, 15) is 14.0 Å². The summed E-state index contributed by atoms with van der Waals surface area (Å²) in [4.78, 5) is 29.0. The number of nitrogens with zero attached hydrogens (tertiary/aromatic N) is 1. The Labute approximate surface area is 178 Å². The van der Waals surface area contributed by atoms with E-state index in [0.717, 1.165) is 5.56 Å². The first kappa shape index (κ1) is 21.7. The van der Waals surface area contributed by atoms with E-state index in [2.05, 4.69) is 36.4 Å². The zero-order valence-corrected chi connectivity index (χ0v) is 17.9. The maximum absolute atomic E-state index is 13.3. The molecule has 0 aliphatic rings. The number of carbonyl (C=O) groups is 2. The van der Waals surface area contributed by atoms with Crippen molar-refractivity contribution >= 4 is 28.3 Å². The van der Waals surface area contributed by atoms with Gasteiger partial charge in [-0.05, 0) is 41.7 Å². The highest BCUT2D eigenvalue weighted by Gasteiger charge is 2.22. The van der Waals surface area contributed by atoms with Crippen molar-refractivity contribution in [3.63, 3.8) is 0 Å². The number of anilines is 1. The van der Waals surface area contributed by atoms with Crippen molar-refractivity contribution in [3.8, 4) is 0 Å². The molecule has 3 rings (SSSR count). The summed E-state index contributed by atoms with van der Waals surface area (Å²) in [6, 6.07) is 9.12. The van der Waals surface area contributed by atoms with Crippen LogP contribution in [0.4, 0.5) is 9.52 Å². The molecule has 2 aromatic heterocycles. The van der Waals surface area contributed by atoms with Crippen LogP contribution in [0.3, 0.4) is 0 Å². The van der Waals surface area contributed by atoms with E-state index in [0.29, 0.717) is 17.2 Å². The fourth-order valence-corrected chi connectivity index (χ4v) is 3.69. The van der Waals surface area contributed by atoms with Crippen LogP contribution in [0, 0.1) is 11.2 Å². The first-order chi connectivity index (χ1) is 14.2. The second kappa shape index (κ2) is 9.21. The largest absolute Gasteiger partial charge is 0.459 e. The van der Waals surface area contributed by atoms with Crippen LogP contribution in [-0.2, 0) is 11.2 Å². The molecule has 0 radical (unpaired) electrons. The normalized spacial score (nSPS) is 12.4. The predicted octanol–water partition coefficient (Wildman–Crippen LogP) is 4.96. The van der Waals surface area contributed by atoms with E-state index in [-0.39, 0.29) is 35.4 Å². The van der Waals surface area contributed by atoms with Crippen LogP contribution in [-0.4, -0.2) is 16.8 Å². The number of hydrogen-bond acceptors (Lipinski definition) is 5. The van der Waals surface area contributed by atoms with Crippen molar-refractivity contribution in [2.45, 2.75) is 39.7 Å². The molecule has 1 unspecified atom stereocenters. The molecule has 6 nitrogen and oxygen atoms in total. The summed E-state index contributed by atoms with van der Waals surface area (Å²) < 4.78 is 18.3. The lowest BCUT2D eigenvalue weighted by Crippen LogP contribution is -2.32. The van der Waals surface area contributed by atoms with Crippen LogP contribution in [0.5, 0.6) is 0 Å². The number of halogens is 1. The number of furan rings is 1. The Morgan fingerprint density at radius 1 is 1.20 bits per heavy atom. The third-order valence-corrected chi connectivity index (χ3v) is 5.09. The summed E-state index contributed by atoms with van der Waals surface area (Å²) in [7, 11) is 0. The highest BCUT2D eigenvalue weighted by molar-refractivity contribution is 7.14. The van der Waals surface area contributed by atoms with Gasteiger partial charge in [-0.2, -0.15) is 0 Å². The van der Waals surface area contributed by atoms with Gasteiger partial charge in [-0.25, -0.2) is 9.37 Å². The minimum Gasteiger partial charge on any atom is -0.459 e. The van der Waals surface area contributed by atoms with Gasteiger partial charge in [-0.3, -0.25) is 14.9 Å². The molecular weight excluding hydrogens is 405 g/mol. The first-order valence-corrected chi connectivity index (χ1v) is 10.4. The van der Waals surface area contributed by atoms with Gasteiger partial charge < -0.3 is 9.73 Å². The lowest BCUT2D eigenvalue weighted by Gasteiger charge is -2.27. The van der Waals surface area contributed by atoms with E-state index >= 15 is 0 Å². The Kier molecular flexibility index (Phi) is 6.66. The molecule has 0 saturated heterocycles. The van der Waals surface area contributed by atoms with Crippen molar-refractivity contribution in [3.05, 3.63) is 70.9 Å². The standard InChI is InChI=1S/C22H24FN3O3S/c1-22(2,3)12-17(14-6-8-15(23)9-7-14)25-19(27)11-16-13-30-21(24-16)26-20(28)18-5-4-10-29-18/h4-10,13,17H,11-12H2,1-3H3,(H,25,27)(H,24,26,28). The van der Waals surface area contributed by atoms with Crippen molar-refractivity contribution < 1.29 is 18.4 Å². The third-order valence-electron chi connectivity index (χ3n) is 4.28. The van der Waals surface area contributed by atoms with Crippen LogP contribution < -0.4 is 10.6 Å². The second-order valence-electron chi connectivity index (χ2n) is 8.19. The SMILES string of the molecule is CC(C)(C)CC(NC(=O)Cc1csc(NC(=O)c2ccco2)n1)c1ccc(F)cc1. The summed E-state index contributed by atoms with van der Waals surface area (Å²) in [6.45, 7) is 6.26. The van der Waals surface area contributed by atoms with Gasteiger partial charge in [0.25, 0.3) is 5.91 Å². The Bertz CT molecular complexity index is 992. The molecule has 0 spiro atoms. The van der Waals surface area contributed by atoms with Gasteiger partial charge in [0.1, 0.15) is 5.82 Å². The van der Waals surface area contributed by atoms with Crippen LogP contribution in [0.1, 0.15) is 55.0 Å². The number of nitrogens with one attached hydrogen (secondary N) is 2. The Balaban J connectivity index is 1.63. The predicted molar refractivity (Wildman–Crippen MR) is 114 cm³/mol. The molecule has 30 heavy (non-hydrogen) atoms. The molecule has 0 saturated carbocycles. The molecule has 2 heterocycles. The number of rotatable bonds is 7. The van der Waals surface area contributed by atoms with Crippen molar-refractivity contribution in [2.75, 3.05) is 5.32 Å². The van der Waals surface area contributed by atoms with E-state index in [1.807, 2.05) is 0 Å². The van der Waals surface area contributed by atoms with Crippen LogP contribution in [0.25, 0.3) is 0 Å². The van der Waals surface area contributed by atoms with Gasteiger partial charge in [0.2, 0.25) is 5.91 Å². The highest BCUT2D eigenvalue weighted by Crippen LogP contribution is 2.29. The van der Waals surface area contributed by atoms with E-state index in [1.165, 1.54) is 29.7 Å². The number of aromatic nitrogens is 1. The van der Waals surface area contributed by atoms with Gasteiger partial charge in [-0.15, -0.1) is 11.3 Å². The number of carbonyl (C=O) groups excluding carboxylic acids is 2. The number of benzene rings is 1. The second-order valence-corrected chi connectivity index (χ2v) is 9.05. The number of thiazole rings is 1. The quantitative estimate of drug-likeness (QED) is 0.556. The minimum absolute atomic E-state index is 0.0315. The molecule has 1 atom stereocenters. The molecule has 158 valence electrons. The fourth-order valence-electron chi connectivity index (χ4n) is 2.98. The lowest BCUT2D eigenvalue weighted by atomic mass is 9.85. The van der Waals surface area contributed by atoms with E-state index in [4.69, 9.17) is 4.42 Å². The van der Waals surface area contributed by atoms with Gasteiger partial charge in [0, 0.05) is 5.38 Å². The summed E-state index contributed by atoms with van der Waals surface area (Å²) in [5.41, 5.74) is 1.38. The molecule has 0 aliphatic carbocycles. The Morgan fingerprint density at radius 2 is 1.93 bits per heavy atom. The molecule has 0 aliphatic heterocycles. The van der Waals surface area contributed by atoms with Gasteiger partial charge in [0.05, 0.1) is 24.4 Å². The summed E-state index contributed by atoms with van der Waals surface area (Å²) in [6.07, 6.45) is 2.20. The van der Waals surface area contributed by atoms with Crippen LogP contribution in [0.15, 0.2) is 52.5 Å². The zero-order chi connectivity index (χ0) is 21.7. The highest BCUT2D eigenvalue weighted by atomic mass is 32.1. The number of hydrogen-bond donors (Lipinski definition) is 2. The Hall–Kier alpha value is -3.00. The van der Waals surface area contributed by atoms with Gasteiger partial charge in [-0.1, -0.05) is 32.9 Å². The van der Waals surface area contributed by atoms with Crippen molar-refractivity contribution in [2.24, 2.45) is 5.41 Å². The summed E-state index contributed by atoms with van der Waals surface area (Å²) in [5.74, 6) is -0.713. The van der Waals surface area contributed by atoms with Crippen molar-refractivity contribution in [1.82, 2.24) is 10.3 Å². The smallest absolute Gasteiger partial charge is 0.293 e. The van der Waals surface area contributed by atoms with Crippen LogP contribution >= 0.6 is 11.3 Å². The molecule has 0 fully saturated rings. The fraction of sp³-hybridized carbons (Fsp3) is 0.318. The topological polar surface area (TPSA) is 84.2 Å². The van der Waals surface area contributed by atoms with E-state index in [1.54, 1.807) is 29.6 Å². The average molecular weight is 430 g/mol. The molecule has 3 aromatic rings. The monoisotopic (exact) mass is 429 g/mol. The first-order valence-electron chi connectivity index (χ1n) is 9.54. The molecule has 2 N–H and O–H groups in total. The van der Waals surface area contributed by atoms with Gasteiger partial charge >= 0.3 is 0 Å². The minimum atomic E-state index is -0.396. The maximum Gasteiger partial charge on any atom is 0.293 e. The van der Waals surface area contributed by atoms with E-state index < -0.39 is 5.91 Å². The summed E-state index contributed by atoms with van der Waals surface area (Å²) in [5, 5.41) is 7.80. The maximum atomic E-state index is 13.3. The average Bonchev–Trinajstić information content (AvgIpc) is 3.33. The number of amides is 2. The molecule has 8 heteroatoms. The molecule has 2 amide bonds. The lowest BCUT2D eigenvalue weighted by molar-refractivity contribution is -0.121. The third kappa shape index (κ3) is 6.25.